The smallest absolute Gasteiger partial charge is 0.142 e. The highest BCUT2D eigenvalue weighted by Crippen LogP contribution is 2.36. The summed E-state index contributed by atoms with van der Waals surface area (Å²) in [5.74, 6) is 0.409. The highest BCUT2D eigenvalue weighted by molar-refractivity contribution is 5.78. The van der Waals surface area contributed by atoms with Crippen molar-refractivity contribution in [2.45, 2.75) is 52.4 Å². The van der Waals surface area contributed by atoms with Crippen LogP contribution in [0, 0.1) is 0 Å². The van der Waals surface area contributed by atoms with Gasteiger partial charge in [0.2, 0.25) is 0 Å². The van der Waals surface area contributed by atoms with E-state index in [1.807, 2.05) is 33.8 Å². The molecule has 1 aromatic carbocycles. The fourth-order valence-electron chi connectivity index (χ4n) is 1.90. The van der Waals surface area contributed by atoms with Crippen LogP contribution in [0.25, 0.3) is 0 Å². The lowest BCUT2D eigenvalue weighted by Gasteiger charge is -2.22. The molecule has 0 atom stereocenters. The number of nitrogen functional groups attached to an aromatic ring is 1. The van der Waals surface area contributed by atoms with Crippen LogP contribution in [0.4, 0.5) is 5.69 Å². The van der Waals surface area contributed by atoms with Crippen molar-refractivity contribution in [3.05, 3.63) is 23.3 Å². The van der Waals surface area contributed by atoms with Crippen molar-refractivity contribution in [3.8, 4) is 5.75 Å². The van der Waals surface area contributed by atoms with E-state index in [0.717, 1.165) is 11.1 Å². The maximum Gasteiger partial charge on any atom is 0.142 e. The number of aromatic hydroxyl groups is 1. The molecule has 100 valence electrons. The first kappa shape index (κ1) is 14.6. The van der Waals surface area contributed by atoms with Gasteiger partial charge < -0.3 is 10.8 Å². The van der Waals surface area contributed by atoms with E-state index >= 15 is 0 Å². The van der Waals surface area contributed by atoms with Crippen molar-refractivity contribution < 1.29 is 9.90 Å². The monoisotopic (exact) mass is 249 g/mol. The van der Waals surface area contributed by atoms with Crippen molar-refractivity contribution in [1.82, 2.24) is 0 Å². The summed E-state index contributed by atoms with van der Waals surface area (Å²) < 4.78 is 0. The fraction of sp³-hybridized carbons (Fsp3) is 0.533. The second-order valence-electron chi connectivity index (χ2n) is 5.72. The molecule has 18 heavy (non-hydrogen) atoms. The third kappa shape index (κ3) is 3.49. The largest absolute Gasteiger partial charge is 0.505 e. The van der Waals surface area contributed by atoms with Gasteiger partial charge in [0.1, 0.15) is 11.5 Å². The van der Waals surface area contributed by atoms with E-state index in [9.17, 15) is 9.90 Å². The van der Waals surface area contributed by atoms with Gasteiger partial charge in [0.25, 0.3) is 0 Å². The molecule has 0 aliphatic heterocycles. The van der Waals surface area contributed by atoms with Gasteiger partial charge in [-0.1, -0.05) is 33.8 Å². The number of rotatable bonds is 4. The molecule has 0 saturated heterocycles. The first-order valence-corrected chi connectivity index (χ1v) is 6.39. The minimum absolute atomic E-state index is 0.160. The lowest BCUT2D eigenvalue weighted by atomic mass is 9.84. The molecule has 0 heterocycles. The van der Waals surface area contributed by atoms with Crippen LogP contribution < -0.4 is 5.73 Å². The zero-order valence-electron chi connectivity index (χ0n) is 11.7. The predicted molar refractivity (Wildman–Crippen MR) is 74.8 cm³/mol. The van der Waals surface area contributed by atoms with Crippen molar-refractivity contribution in [2.24, 2.45) is 0 Å². The van der Waals surface area contributed by atoms with E-state index in [0.29, 0.717) is 24.9 Å². The minimum Gasteiger partial charge on any atom is -0.505 e. The van der Waals surface area contributed by atoms with Gasteiger partial charge in [-0.15, -0.1) is 0 Å². The average molecular weight is 249 g/mol. The van der Waals surface area contributed by atoms with Gasteiger partial charge in [-0.25, -0.2) is 0 Å². The number of hydrogen-bond acceptors (Lipinski definition) is 3. The molecule has 0 spiro atoms. The molecule has 1 rings (SSSR count). The Morgan fingerprint density at radius 1 is 1.33 bits per heavy atom. The number of phenolic OH excluding ortho intramolecular Hbond substituents is 1. The molecule has 0 radical (unpaired) electrons. The van der Waals surface area contributed by atoms with Gasteiger partial charge in [-0.3, -0.25) is 4.79 Å². The SMILES string of the molecule is CCC(=O)CCc1cc(N)c(O)c(C(C)(C)C)c1. The molecule has 3 N–H and O–H groups in total. The normalized spacial score (nSPS) is 11.6. The summed E-state index contributed by atoms with van der Waals surface area (Å²) in [7, 11) is 0. The van der Waals surface area contributed by atoms with Crippen LogP contribution in [0.1, 0.15) is 51.7 Å². The second kappa shape index (κ2) is 5.42. The van der Waals surface area contributed by atoms with Crippen LogP contribution in [-0.4, -0.2) is 10.9 Å². The zero-order chi connectivity index (χ0) is 13.9. The Balaban J connectivity index is 3.02. The number of aryl methyl sites for hydroxylation is 1. The third-order valence-electron chi connectivity index (χ3n) is 3.09. The molecular weight excluding hydrogens is 226 g/mol. The van der Waals surface area contributed by atoms with Crippen LogP contribution in [-0.2, 0) is 16.6 Å². The van der Waals surface area contributed by atoms with Crippen molar-refractivity contribution >= 4 is 11.5 Å². The molecule has 1 aromatic rings. The Labute approximate surface area is 109 Å². The summed E-state index contributed by atoms with van der Waals surface area (Å²) in [5, 5.41) is 9.99. The van der Waals surface area contributed by atoms with Crippen molar-refractivity contribution in [2.75, 3.05) is 5.73 Å². The molecule has 0 unspecified atom stereocenters. The lowest BCUT2D eigenvalue weighted by Crippen LogP contribution is -2.13. The van der Waals surface area contributed by atoms with Crippen LogP contribution in [0.15, 0.2) is 12.1 Å². The maximum absolute atomic E-state index is 11.3. The quantitative estimate of drug-likeness (QED) is 0.636. The molecule has 0 fully saturated rings. The molecule has 0 bridgehead atoms. The van der Waals surface area contributed by atoms with E-state index in [4.69, 9.17) is 5.73 Å². The number of phenols is 1. The summed E-state index contributed by atoms with van der Waals surface area (Å²) in [4.78, 5) is 11.3. The Morgan fingerprint density at radius 3 is 2.44 bits per heavy atom. The van der Waals surface area contributed by atoms with E-state index in [1.54, 1.807) is 6.07 Å². The van der Waals surface area contributed by atoms with Gasteiger partial charge in [-0.2, -0.15) is 0 Å². The number of hydrogen-bond donors (Lipinski definition) is 2. The van der Waals surface area contributed by atoms with E-state index < -0.39 is 0 Å². The molecule has 3 heteroatoms. The molecule has 3 nitrogen and oxygen atoms in total. The topological polar surface area (TPSA) is 63.3 Å². The van der Waals surface area contributed by atoms with Gasteiger partial charge >= 0.3 is 0 Å². The number of nitrogens with two attached hydrogens (primary N) is 1. The van der Waals surface area contributed by atoms with E-state index in [2.05, 4.69) is 0 Å². The lowest BCUT2D eigenvalue weighted by molar-refractivity contribution is -0.118. The first-order chi connectivity index (χ1) is 8.25. The van der Waals surface area contributed by atoms with Crippen molar-refractivity contribution in [1.29, 1.82) is 0 Å². The Morgan fingerprint density at radius 2 is 1.94 bits per heavy atom. The summed E-state index contributed by atoms with van der Waals surface area (Å²) in [5.41, 5.74) is 7.89. The molecule has 0 aliphatic carbocycles. The van der Waals surface area contributed by atoms with Crippen LogP contribution >= 0.6 is 0 Å². The maximum atomic E-state index is 11.3. The number of benzene rings is 1. The minimum atomic E-state index is -0.164. The van der Waals surface area contributed by atoms with Gasteiger partial charge in [0, 0.05) is 18.4 Å². The van der Waals surface area contributed by atoms with Gasteiger partial charge in [0.15, 0.2) is 0 Å². The van der Waals surface area contributed by atoms with Crippen LogP contribution in [0.2, 0.25) is 0 Å². The highest BCUT2D eigenvalue weighted by atomic mass is 16.3. The molecular formula is C15H23NO2. The number of anilines is 1. The molecule has 0 saturated carbocycles. The Bertz CT molecular complexity index is 445. The average Bonchev–Trinajstić information content (AvgIpc) is 2.28. The third-order valence-corrected chi connectivity index (χ3v) is 3.09. The van der Waals surface area contributed by atoms with Crippen LogP contribution in [0.5, 0.6) is 5.75 Å². The zero-order valence-corrected chi connectivity index (χ0v) is 11.7. The van der Waals surface area contributed by atoms with Crippen molar-refractivity contribution in [3.63, 3.8) is 0 Å². The number of ketones is 1. The van der Waals surface area contributed by atoms with E-state index in [-0.39, 0.29) is 16.9 Å². The summed E-state index contributed by atoms with van der Waals surface area (Å²) >= 11 is 0. The Hall–Kier alpha value is -1.51. The predicted octanol–water partition coefficient (Wildman–Crippen LogP) is 3.18. The number of carbonyl (C=O) groups excluding carboxylic acids is 1. The summed E-state index contributed by atoms with van der Waals surface area (Å²) in [6.07, 6.45) is 1.78. The first-order valence-electron chi connectivity index (χ1n) is 6.39. The standard InChI is InChI=1S/C15H23NO2/c1-5-11(17)7-6-10-8-12(15(2,3)4)14(18)13(16)9-10/h8-9,18H,5-7,16H2,1-4H3. The van der Waals surface area contributed by atoms with Gasteiger partial charge in [0.05, 0.1) is 5.69 Å². The molecule has 0 aromatic heterocycles. The molecule has 0 amide bonds. The summed E-state index contributed by atoms with van der Waals surface area (Å²) in [6, 6.07) is 3.71. The number of Topliss-reactive ketones (excluding diaryl/α,β-unsaturated/α-hetero) is 1. The molecule has 0 aliphatic rings. The van der Waals surface area contributed by atoms with Crippen LogP contribution in [0.3, 0.4) is 0 Å². The summed E-state index contributed by atoms with van der Waals surface area (Å²) in [6.45, 7) is 7.96. The fourth-order valence-corrected chi connectivity index (χ4v) is 1.90. The number of carbonyl (C=O) groups is 1. The second-order valence-corrected chi connectivity index (χ2v) is 5.72. The van der Waals surface area contributed by atoms with E-state index in [1.165, 1.54) is 0 Å². The Kier molecular flexibility index (Phi) is 4.38. The highest BCUT2D eigenvalue weighted by Gasteiger charge is 2.20. The van der Waals surface area contributed by atoms with Gasteiger partial charge in [-0.05, 0) is 23.5 Å².